The van der Waals surface area contributed by atoms with Crippen LogP contribution < -0.4 is 5.73 Å². The van der Waals surface area contributed by atoms with Crippen LogP contribution in [0.3, 0.4) is 0 Å². The molecular formula is C23H27FN4O3S. The van der Waals surface area contributed by atoms with E-state index < -0.39 is 15.9 Å². The third-order valence-electron chi connectivity index (χ3n) is 5.32. The lowest BCUT2D eigenvalue weighted by Crippen LogP contribution is -2.22. The van der Waals surface area contributed by atoms with Crippen molar-refractivity contribution in [3.05, 3.63) is 59.7 Å². The Kier molecular flexibility index (Phi) is 6.92. The van der Waals surface area contributed by atoms with E-state index in [2.05, 4.69) is 4.98 Å². The second kappa shape index (κ2) is 9.32. The van der Waals surface area contributed by atoms with Gasteiger partial charge in [-0.1, -0.05) is 19.1 Å². The number of nitrogens with two attached hydrogens (primary N) is 1. The Morgan fingerprint density at radius 1 is 1.25 bits per heavy atom. The first-order chi connectivity index (χ1) is 15.1. The van der Waals surface area contributed by atoms with E-state index in [1.54, 1.807) is 41.8 Å². The average molecular weight is 459 g/mol. The van der Waals surface area contributed by atoms with Crippen molar-refractivity contribution in [2.45, 2.75) is 31.7 Å². The number of fused-ring (bicyclic) bond motifs is 1. The van der Waals surface area contributed by atoms with Gasteiger partial charge in [-0.05, 0) is 42.8 Å². The number of carbonyl (C=O) groups is 1. The van der Waals surface area contributed by atoms with Gasteiger partial charge in [0.1, 0.15) is 11.5 Å². The summed E-state index contributed by atoms with van der Waals surface area (Å²) in [6.07, 6.45) is 1.61. The van der Waals surface area contributed by atoms with Crippen LogP contribution in [0.25, 0.3) is 22.2 Å². The summed E-state index contributed by atoms with van der Waals surface area (Å²) in [6, 6.07) is 9.91. The summed E-state index contributed by atoms with van der Waals surface area (Å²) in [7, 11) is -0.713. The van der Waals surface area contributed by atoms with Crippen molar-refractivity contribution in [2.75, 3.05) is 20.6 Å². The lowest BCUT2D eigenvalue weighted by molar-refractivity contribution is 0.0983. The molecule has 1 aromatic carbocycles. The standard InChI is InChI=1S/C23H27FN4O3S/c1-5-21(29)19-9-10-20-23(26-19)22(15(2)28(20)14-17(24)11-12-25)16-7-6-8-18(13-16)32(30,31)27(3)4/h6-11,13H,5,12,14,25H2,1-4H3/b17-11-. The average Bonchev–Trinajstić information content (AvgIpc) is 3.03. The Balaban J connectivity index is 2.31. The number of sulfonamides is 1. The van der Waals surface area contributed by atoms with Crippen molar-refractivity contribution in [1.82, 2.24) is 13.9 Å². The number of halogens is 1. The summed E-state index contributed by atoms with van der Waals surface area (Å²) in [6.45, 7) is 3.61. The third-order valence-corrected chi connectivity index (χ3v) is 7.14. The van der Waals surface area contributed by atoms with Crippen LogP contribution in [0.5, 0.6) is 0 Å². The van der Waals surface area contributed by atoms with E-state index in [0.29, 0.717) is 40.0 Å². The van der Waals surface area contributed by atoms with Crippen molar-refractivity contribution in [3.63, 3.8) is 0 Å². The van der Waals surface area contributed by atoms with Crippen LogP contribution in [0, 0.1) is 6.92 Å². The second-order valence-electron chi connectivity index (χ2n) is 7.59. The summed E-state index contributed by atoms with van der Waals surface area (Å²) < 4.78 is 42.6. The molecule has 0 aliphatic carbocycles. The van der Waals surface area contributed by atoms with Crippen LogP contribution in [-0.2, 0) is 16.6 Å². The van der Waals surface area contributed by atoms with Crippen molar-refractivity contribution < 1.29 is 17.6 Å². The van der Waals surface area contributed by atoms with E-state index in [9.17, 15) is 17.6 Å². The molecule has 32 heavy (non-hydrogen) atoms. The molecule has 0 spiro atoms. The Hall–Kier alpha value is -2.88. The predicted octanol–water partition coefficient (Wildman–Crippen LogP) is 3.67. The molecule has 3 rings (SSSR count). The van der Waals surface area contributed by atoms with Gasteiger partial charge in [-0.25, -0.2) is 22.1 Å². The van der Waals surface area contributed by atoms with Crippen LogP contribution in [0.2, 0.25) is 0 Å². The highest BCUT2D eigenvalue weighted by atomic mass is 32.2. The fourth-order valence-corrected chi connectivity index (χ4v) is 4.54. The van der Waals surface area contributed by atoms with Gasteiger partial charge in [-0.3, -0.25) is 4.79 Å². The van der Waals surface area contributed by atoms with Crippen molar-refractivity contribution >= 4 is 26.8 Å². The minimum Gasteiger partial charge on any atom is -0.336 e. The molecule has 2 aromatic heterocycles. The lowest BCUT2D eigenvalue weighted by Gasteiger charge is -2.12. The van der Waals surface area contributed by atoms with Gasteiger partial charge in [0.2, 0.25) is 10.0 Å². The monoisotopic (exact) mass is 458 g/mol. The Labute approximate surface area is 187 Å². The molecule has 0 aliphatic rings. The number of ketones is 1. The Morgan fingerprint density at radius 2 is 1.97 bits per heavy atom. The number of hydrogen-bond acceptors (Lipinski definition) is 5. The molecule has 0 radical (unpaired) electrons. The first-order valence-electron chi connectivity index (χ1n) is 10.2. The zero-order chi connectivity index (χ0) is 23.6. The predicted molar refractivity (Wildman–Crippen MR) is 124 cm³/mol. The van der Waals surface area contributed by atoms with Crippen LogP contribution >= 0.6 is 0 Å². The zero-order valence-electron chi connectivity index (χ0n) is 18.6. The molecule has 0 amide bonds. The molecule has 9 heteroatoms. The number of rotatable bonds is 8. The molecule has 0 saturated heterocycles. The van der Waals surface area contributed by atoms with E-state index in [0.717, 1.165) is 4.31 Å². The fraction of sp³-hybridized carbons (Fsp3) is 0.304. The molecule has 0 fully saturated rings. The van der Waals surface area contributed by atoms with E-state index >= 15 is 0 Å². The van der Waals surface area contributed by atoms with E-state index in [-0.39, 0.29) is 23.8 Å². The molecule has 170 valence electrons. The van der Waals surface area contributed by atoms with Gasteiger partial charge in [-0.2, -0.15) is 0 Å². The normalized spacial score (nSPS) is 12.7. The number of pyridine rings is 1. The molecular weight excluding hydrogens is 431 g/mol. The maximum atomic E-state index is 14.4. The largest absolute Gasteiger partial charge is 0.336 e. The first-order valence-corrected chi connectivity index (χ1v) is 11.7. The van der Waals surface area contributed by atoms with Gasteiger partial charge in [0.05, 0.1) is 22.5 Å². The van der Waals surface area contributed by atoms with E-state index in [1.165, 1.54) is 26.2 Å². The number of Topliss-reactive ketones (excluding diaryl/α,β-unsaturated/α-hetero) is 1. The Morgan fingerprint density at radius 3 is 2.59 bits per heavy atom. The molecule has 0 bridgehead atoms. The van der Waals surface area contributed by atoms with Gasteiger partial charge in [-0.15, -0.1) is 0 Å². The van der Waals surface area contributed by atoms with Gasteiger partial charge in [0, 0.05) is 38.3 Å². The molecule has 0 atom stereocenters. The van der Waals surface area contributed by atoms with Crippen LogP contribution in [0.15, 0.2) is 53.2 Å². The summed E-state index contributed by atoms with van der Waals surface area (Å²) in [4.78, 5) is 17.0. The minimum atomic E-state index is -3.65. The molecule has 2 N–H and O–H groups in total. The summed E-state index contributed by atoms with van der Waals surface area (Å²) in [5.74, 6) is -0.502. The molecule has 0 saturated carbocycles. The minimum absolute atomic E-state index is 0.0437. The highest BCUT2D eigenvalue weighted by Crippen LogP contribution is 2.35. The quantitative estimate of drug-likeness (QED) is 0.520. The van der Waals surface area contributed by atoms with Gasteiger partial charge >= 0.3 is 0 Å². The maximum absolute atomic E-state index is 14.4. The number of allylic oxidation sites excluding steroid dienone is 1. The zero-order valence-corrected chi connectivity index (χ0v) is 19.4. The summed E-state index contributed by atoms with van der Waals surface area (Å²) in [5, 5.41) is 0. The summed E-state index contributed by atoms with van der Waals surface area (Å²) >= 11 is 0. The Bertz CT molecular complexity index is 1310. The molecule has 7 nitrogen and oxygen atoms in total. The molecule has 3 aromatic rings. The molecule has 0 aliphatic heterocycles. The van der Waals surface area contributed by atoms with Gasteiger partial charge < -0.3 is 10.3 Å². The second-order valence-corrected chi connectivity index (χ2v) is 9.74. The van der Waals surface area contributed by atoms with Gasteiger partial charge in [0.15, 0.2) is 5.78 Å². The van der Waals surface area contributed by atoms with Crippen molar-refractivity contribution in [2.24, 2.45) is 5.73 Å². The van der Waals surface area contributed by atoms with E-state index in [1.807, 2.05) is 6.92 Å². The first kappa shape index (κ1) is 23.8. The smallest absolute Gasteiger partial charge is 0.242 e. The topological polar surface area (TPSA) is 98.3 Å². The number of hydrogen-bond donors (Lipinski definition) is 1. The lowest BCUT2D eigenvalue weighted by atomic mass is 10.0. The fourth-order valence-electron chi connectivity index (χ4n) is 3.59. The van der Waals surface area contributed by atoms with E-state index in [4.69, 9.17) is 5.73 Å². The van der Waals surface area contributed by atoms with Crippen LogP contribution in [0.1, 0.15) is 29.5 Å². The van der Waals surface area contributed by atoms with Crippen LogP contribution in [-0.4, -0.2) is 48.7 Å². The number of carbonyl (C=O) groups excluding carboxylic acids is 1. The van der Waals surface area contributed by atoms with Crippen molar-refractivity contribution in [1.29, 1.82) is 0 Å². The van der Waals surface area contributed by atoms with Crippen LogP contribution in [0.4, 0.5) is 4.39 Å². The third kappa shape index (κ3) is 4.36. The SMILES string of the molecule is CCC(=O)c1ccc2c(n1)c(-c1cccc(S(=O)(=O)N(C)C)c1)c(C)n2C/C(F)=C/CN. The summed E-state index contributed by atoms with van der Waals surface area (Å²) in [5.41, 5.74) is 8.89. The number of benzene rings is 1. The van der Waals surface area contributed by atoms with Gasteiger partial charge in [0.25, 0.3) is 0 Å². The number of aromatic nitrogens is 2. The highest BCUT2D eigenvalue weighted by Gasteiger charge is 2.22. The molecule has 2 heterocycles. The molecule has 0 unspecified atom stereocenters. The van der Waals surface area contributed by atoms with Crippen molar-refractivity contribution in [3.8, 4) is 11.1 Å². The maximum Gasteiger partial charge on any atom is 0.242 e. The highest BCUT2D eigenvalue weighted by molar-refractivity contribution is 7.89. The number of nitrogens with zero attached hydrogens (tertiary/aromatic N) is 3.